The summed E-state index contributed by atoms with van der Waals surface area (Å²) in [7, 11) is 0. The van der Waals surface area contributed by atoms with Crippen LogP contribution in [0.5, 0.6) is 0 Å². The molecule has 0 aliphatic heterocycles. The van der Waals surface area contributed by atoms with E-state index in [1.807, 2.05) is 11.3 Å². The van der Waals surface area contributed by atoms with Crippen LogP contribution in [0.25, 0.3) is 10.1 Å². The van der Waals surface area contributed by atoms with Crippen molar-refractivity contribution in [3.05, 3.63) is 34.7 Å². The molecule has 0 aliphatic rings. The van der Waals surface area contributed by atoms with Crippen molar-refractivity contribution in [3.63, 3.8) is 0 Å². The Morgan fingerprint density at radius 2 is 1.69 bits per heavy atom. The van der Waals surface area contributed by atoms with E-state index in [9.17, 15) is 0 Å². The van der Waals surface area contributed by atoms with E-state index < -0.39 is 0 Å². The van der Waals surface area contributed by atoms with Gasteiger partial charge in [0.25, 0.3) is 0 Å². The highest BCUT2D eigenvalue weighted by atomic mass is 32.1. The van der Waals surface area contributed by atoms with Crippen LogP contribution in [-0.2, 0) is 5.41 Å². The number of hydrogen-bond acceptors (Lipinski definition) is 1. The summed E-state index contributed by atoms with van der Waals surface area (Å²) in [5, 5.41) is 1.45. The third-order valence-corrected chi connectivity index (χ3v) is 4.37. The Labute approximate surface area is 102 Å². The molecule has 0 amide bonds. The first-order valence-electron chi connectivity index (χ1n) is 5.93. The van der Waals surface area contributed by atoms with Gasteiger partial charge in [0.05, 0.1) is 0 Å². The highest BCUT2D eigenvalue weighted by Gasteiger charge is 2.24. The minimum absolute atomic E-state index is 0.235. The molecule has 2 aromatic rings. The van der Waals surface area contributed by atoms with Crippen LogP contribution >= 0.6 is 11.3 Å². The zero-order valence-electron chi connectivity index (χ0n) is 10.8. The SMILES string of the molecule is CC(C)c1sc2ccccc2c1C(C)(C)C. The van der Waals surface area contributed by atoms with Gasteiger partial charge in [0, 0.05) is 9.58 Å². The fourth-order valence-electron chi connectivity index (χ4n) is 2.24. The molecule has 1 aromatic carbocycles. The van der Waals surface area contributed by atoms with Crippen LogP contribution < -0.4 is 0 Å². The number of rotatable bonds is 1. The average Bonchev–Trinajstić information content (AvgIpc) is 2.55. The molecule has 1 heteroatoms. The van der Waals surface area contributed by atoms with Gasteiger partial charge in [-0.25, -0.2) is 0 Å². The number of fused-ring (bicyclic) bond motifs is 1. The smallest absolute Gasteiger partial charge is 0.0348 e. The van der Waals surface area contributed by atoms with Crippen molar-refractivity contribution in [1.82, 2.24) is 0 Å². The van der Waals surface area contributed by atoms with Gasteiger partial charge >= 0.3 is 0 Å². The molecular formula is C15H20S. The Balaban J connectivity index is 2.80. The summed E-state index contributed by atoms with van der Waals surface area (Å²) >= 11 is 1.96. The number of hydrogen-bond donors (Lipinski definition) is 0. The third kappa shape index (κ3) is 1.89. The molecule has 0 atom stereocenters. The van der Waals surface area contributed by atoms with Crippen LogP contribution in [0.1, 0.15) is 51.0 Å². The van der Waals surface area contributed by atoms with E-state index in [2.05, 4.69) is 58.9 Å². The summed E-state index contributed by atoms with van der Waals surface area (Å²) in [5.41, 5.74) is 1.78. The molecule has 0 spiro atoms. The lowest BCUT2D eigenvalue weighted by molar-refractivity contribution is 0.587. The molecule has 0 radical (unpaired) electrons. The van der Waals surface area contributed by atoms with Crippen LogP contribution in [0, 0.1) is 0 Å². The number of thiophene rings is 1. The van der Waals surface area contributed by atoms with Crippen molar-refractivity contribution in [2.75, 3.05) is 0 Å². The molecule has 2 rings (SSSR count). The first kappa shape index (κ1) is 11.7. The molecule has 0 bridgehead atoms. The Bertz CT molecular complexity index is 498. The summed E-state index contributed by atoms with van der Waals surface area (Å²) in [5.74, 6) is 0.617. The Morgan fingerprint density at radius 1 is 1.06 bits per heavy atom. The summed E-state index contributed by atoms with van der Waals surface area (Å²) in [6, 6.07) is 8.78. The molecule has 0 saturated heterocycles. The van der Waals surface area contributed by atoms with Gasteiger partial charge in [0.15, 0.2) is 0 Å². The van der Waals surface area contributed by atoms with E-state index in [0.29, 0.717) is 5.92 Å². The van der Waals surface area contributed by atoms with Gasteiger partial charge in [-0.15, -0.1) is 11.3 Å². The van der Waals surface area contributed by atoms with Gasteiger partial charge in [-0.2, -0.15) is 0 Å². The normalized spacial score (nSPS) is 12.6. The minimum Gasteiger partial charge on any atom is -0.140 e. The fraction of sp³-hybridized carbons (Fsp3) is 0.467. The second-order valence-corrected chi connectivity index (χ2v) is 6.83. The van der Waals surface area contributed by atoms with Gasteiger partial charge in [-0.05, 0) is 28.3 Å². The number of benzene rings is 1. The van der Waals surface area contributed by atoms with Gasteiger partial charge in [-0.1, -0.05) is 52.8 Å². The maximum atomic E-state index is 2.31. The molecule has 86 valence electrons. The lowest BCUT2D eigenvalue weighted by Crippen LogP contribution is -2.13. The maximum Gasteiger partial charge on any atom is 0.0348 e. The second-order valence-electron chi connectivity index (χ2n) is 5.74. The fourth-order valence-corrected chi connectivity index (χ4v) is 3.66. The highest BCUT2D eigenvalue weighted by molar-refractivity contribution is 7.19. The molecule has 1 aromatic heterocycles. The molecule has 1 heterocycles. The molecule has 0 fully saturated rings. The predicted molar refractivity (Wildman–Crippen MR) is 74.6 cm³/mol. The van der Waals surface area contributed by atoms with Crippen LogP contribution in [-0.4, -0.2) is 0 Å². The first-order valence-corrected chi connectivity index (χ1v) is 6.75. The summed E-state index contributed by atoms with van der Waals surface area (Å²) < 4.78 is 1.43. The molecular weight excluding hydrogens is 212 g/mol. The van der Waals surface area contributed by atoms with E-state index >= 15 is 0 Å². The van der Waals surface area contributed by atoms with E-state index in [4.69, 9.17) is 0 Å². The molecule has 0 aliphatic carbocycles. The van der Waals surface area contributed by atoms with E-state index in [-0.39, 0.29) is 5.41 Å². The van der Waals surface area contributed by atoms with Crippen LogP contribution in [0.4, 0.5) is 0 Å². The van der Waals surface area contributed by atoms with Crippen molar-refractivity contribution in [1.29, 1.82) is 0 Å². The van der Waals surface area contributed by atoms with Crippen LogP contribution in [0.2, 0.25) is 0 Å². The van der Waals surface area contributed by atoms with Gasteiger partial charge < -0.3 is 0 Å². The standard InChI is InChI=1S/C15H20S/c1-10(2)14-13(15(3,4)5)11-8-6-7-9-12(11)16-14/h6-10H,1-5H3. The Morgan fingerprint density at radius 3 is 2.25 bits per heavy atom. The maximum absolute atomic E-state index is 2.31. The Kier molecular flexibility index (Phi) is 2.83. The van der Waals surface area contributed by atoms with E-state index in [0.717, 1.165) is 0 Å². The summed E-state index contributed by atoms with van der Waals surface area (Å²) in [6.07, 6.45) is 0. The summed E-state index contributed by atoms with van der Waals surface area (Å²) in [6.45, 7) is 11.5. The monoisotopic (exact) mass is 232 g/mol. The van der Waals surface area contributed by atoms with Crippen LogP contribution in [0.15, 0.2) is 24.3 Å². The topological polar surface area (TPSA) is 0 Å². The van der Waals surface area contributed by atoms with Gasteiger partial charge in [0.2, 0.25) is 0 Å². The van der Waals surface area contributed by atoms with Crippen molar-refractivity contribution in [2.24, 2.45) is 0 Å². The molecule has 0 unspecified atom stereocenters. The van der Waals surface area contributed by atoms with Gasteiger partial charge in [0.1, 0.15) is 0 Å². The molecule has 16 heavy (non-hydrogen) atoms. The molecule has 0 N–H and O–H groups in total. The Hall–Kier alpha value is -0.820. The quantitative estimate of drug-likeness (QED) is 0.624. The van der Waals surface area contributed by atoms with Crippen molar-refractivity contribution in [2.45, 2.75) is 46.0 Å². The zero-order chi connectivity index (χ0) is 11.9. The predicted octanol–water partition coefficient (Wildman–Crippen LogP) is 5.32. The van der Waals surface area contributed by atoms with Crippen LogP contribution in [0.3, 0.4) is 0 Å². The van der Waals surface area contributed by atoms with Crippen molar-refractivity contribution >= 4 is 21.4 Å². The average molecular weight is 232 g/mol. The molecule has 0 nitrogen and oxygen atoms in total. The van der Waals surface area contributed by atoms with E-state index in [1.165, 1.54) is 10.1 Å². The lowest BCUT2D eigenvalue weighted by Gasteiger charge is -2.22. The lowest BCUT2D eigenvalue weighted by atomic mass is 9.83. The first-order chi connectivity index (χ1) is 7.41. The molecule has 0 saturated carbocycles. The summed E-state index contributed by atoms with van der Waals surface area (Å²) in [4.78, 5) is 1.55. The zero-order valence-corrected chi connectivity index (χ0v) is 11.6. The third-order valence-electron chi connectivity index (χ3n) is 2.90. The second kappa shape index (κ2) is 3.89. The largest absolute Gasteiger partial charge is 0.140 e. The highest BCUT2D eigenvalue weighted by Crippen LogP contribution is 2.42. The minimum atomic E-state index is 0.235. The van der Waals surface area contributed by atoms with Gasteiger partial charge in [-0.3, -0.25) is 0 Å². The van der Waals surface area contributed by atoms with E-state index in [1.54, 1.807) is 10.4 Å². The van der Waals surface area contributed by atoms with Crippen molar-refractivity contribution < 1.29 is 0 Å². The van der Waals surface area contributed by atoms with Crippen molar-refractivity contribution in [3.8, 4) is 0 Å².